The summed E-state index contributed by atoms with van der Waals surface area (Å²) in [6.07, 6.45) is 1.70. The van der Waals surface area contributed by atoms with Gasteiger partial charge < -0.3 is 5.32 Å². The quantitative estimate of drug-likeness (QED) is 0.407. The third-order valence-corrected chi connectivity index (χ3v) is 7.33. The highest BCUT2D eigenvalue weighted by Crippen LogP contribution is 2.24. The van der Waals surface area contributed by atoms with E-state index in [1.54, 1.807) is 13.0 Å². The third kappa shape index (κ3) is 4.85. The fourth-order valence-corrected chi connectivity index (χ4v) is 4.89. The van der Waals surface area contributed by atoms with Crippen LogP contribution in [0.15, 0.2) is 47.4 Å². The van der Waals surface area contributed by atoms with Gasteiger partial charge in [0.15, 0.2) is 5.78 Å². The summed E-state index contributed by atoms with van der Waals surface area (Å²) < 4.78 is 27.1. The lowest BCUT2D eigenvalue weighted by Crippen LogP contribution is -2.37. The highest BCUT2D eigenvalue weighted by Gasteiger charge is 2.28. The van der Waals surface area contributed by atoms with Gasteiger partial charge in [-0.2, -0.15) is 4.31 Å². The van der Waals surface area contributed by atoms with Crippen LogP contribution in [0.4, 0.5) is 11.4 Å². The number of Topliss-reactive ketones (excluding diaryl/α,β-unsaturated/α-hetero) is 1. The van der Waals surface area contributed by atoms with Gasteiger partial charge in [0.05, 0.1) is 16.4 Å². The van der Waals surface area contributed by atoms with Crippen molar-refractivity contribution in [2.45, 2.75) is 31.6 Å². The Morgan fingerprint density at radius 3 is 2.37 bits per heavy atom. The minimum atomic E-state index is -3.55. The summed E-state index contributed by atoms with van der Waals surface area (Å²) in [6, 6.07) is 10.4. The molecule has 1 aliphatic rings. The first-order valence-corrected chi connectivity index (χ1v) is 11.2. The zero-order chi connectivity index (χ0) is 21.9. The van der Waals surface area contributed by atoms with E-state index in [9.17, 15) is 23.3 Å². The second-order valence-electron chi connectivity index (χ2n) is 7.64. The lowest BCUT2D eigenvalue weighted by molar-refractivity contribution is -0.384. The van der Waals surface area contributed by atoms with Crippen LogP contribution < -0.4 is 5.32 Å². The molecule has 0 unspecified atom stereocenters. The average molecular weight is 432 g/mol. The zero-order valence-electron chi connectivity index (χ0n) is 17.0. The highest BCUT2D eigenvalue weighted by atomic mass is 32.2. The van der Waals surface area contributed by atoms with Gasteiger partial charge in [0, 0.05) is 36.5 Å². The minimum Gasteiger partial charge on any atom is -0.377 e. The van der Waals surface area contributed by atoms with Gasteiger partial charge in [0.25, 0.3) is 5.69 Å². The van der Waals surface area contributed by atoms with E-state index in [0.29, 0.717) is 35.8 Å². The third-order valence-electron chi connectivity index (χ3n) is 5.42. The van der Waals surface area contributed by atoms with Crippen molar-refractivity contribution in [3.8, 4) is 0 Å². The lowest BCUT2D eigenvalue weighted by Gasteiger charge is -2.29. The van der Waals surface area contributed by atoms with E-state index in [4.69, 9.17) is 0 Å². The van der Waals surface area contributed by atoms with Crippen molar-refractivity contribution in [3.05, 3.63) is 63.7 Å². The number of anilines is 1. The van der Waals surface area contributed by atoms with Crippen LogP contribution in [0, 0.1) is 23.0 Å². The number of nitrogens with one attached hydrogen (secondary N) is 1. The second-order valence-corrected chi connectivity index (χ2v) is 9.58. The van der Waals surface area contributed by atoms with Gasteiger partial charge in [-0.15, -0.1) is 0 Å². The first kappa shape index (κ1) is 21.9. The number of rotatable bonds is 7. The number of hydrogen-bond donors (Lipinski definition) is 1. The van der Waals surface area contributed by atoms with E-state index in [-0.39, 0.29) is 22.9 Å². The van der Waals surface area contributed by atoms with Gasteiger partial charge in [0.1, 0.15) is 0 Å². The van der Waals surface area contributed by atoms with Crippen LogP contribution in [0.1, 0.15) is 35.7 Å². The number of benzene rings is 2. The first-order valence-electron chi connectivity index (χ1n) is 9.81. The summed E-state index contributed by atoms with van der Waals surface area (Å²) in [6.45, 7) is 4.87. The number of nitrogens with zero attached hydrogens (tertiary/aromatic N) is 2. The molecule has 0 saturated carbocycles. The van der Waals surface area contributed by atoms with E-state index >= 15 is 0 Å². The molecule has 0 amide bonds. The van der Waals surface area contributed by atoms with Crippen LogP contribution in [0.5, 0.6) is 0 Å². The van der Waals surface area contributed by atoms with Crippen LogP contribution in [-0.4, -0.2) is 43.1 Å². The molecule has 1 saturated heterocycles. The fourth-order valence-electron chi connectivity index (χ4n) is 3.42. The number of non-ortho nitro benzene ring substituents is 1. The van der Waals surface area contributed by atoms with E-state index in [0.717, 1.165) is 12.8 Å². The SMILES string of the molecule is Cc1cc([N+](=O)[O-])ccc1NCC(=O)c1ccc(S(=O)(=O)N2CCC(C)CC2)cc1. The molecule has 1 aliphatic heterocycles. The molecule has 2 aromatic carbocycles. The summed E-state index contributed by atoms with van der Waals surface area (Å²) >= 11 is 0. The van der Waals surface area contributed by atoms with Gasteiger partial charge in [-0.25, -0.2) is 8.42 Å². The van der Waals surface area contributed by atoms with Crippen molar-refractivity contribution in [1.29, 1.82) is 0 Å². The Morgan fingerprint density at radius 1 is 1.17 bits per heavy atom. The second kappa shape index (κ2) is 8.93. The Bertz CT molecular complexity index is 1040. The normalized spacial score (nSPS) is 15.7. The van der Waals surface area contributed by atoms with Crippen molar-refractivity contribution in [2.75, 3.05) is 25.0 Å². The molecule has 1 fully saturated rings. The number of carbonyl (C=O) groups excluding carboxylic acids is 1. The molecule has 0 atom stereocenters. The topological polar surface area (TPSA) is 110 Å². The van der Waals surface area contributed by atoms with Crippen LogP contribution in [-0.2, 0) is 10.0 Å². The number of sulfonamides is 1. The van der Waals surface area contributed by atoms with E-state index in [2.05, 4.69) is 12.2 Å². The molecule has 8 nitrogen and oxygen atoms in total. The Balaban J connectivity index is 1.64. The fraction of sp³-hybridized carbons (Fsp3) is 0.381. The molecular formula is C21H25N3O5S. The van der Waals surface area contributed by atoms with Gasteiger partial charge in [0.2, 0.25) is 10.0 Å². The standard InChI is InChI=1S/C21H25N3O5S/c1-15-9-11-23(12-10-15)30(28,29)19-6-3-17(4-7-19)21(25)14-22-20-8-5-18(24(26)27)13-16(20)2/h3-8,13,15,22H,9-12,14H2,1-2H3. The molecule has 30 heavy (non-hydrogen) atoms. The minimum absolute atomic E-state index is 0.00520. The molecule has 0 aliphatic carbocycles. The molecule has 1 heterocycles. The summed E-state index contributed by atoms with van der Waals surface area (Å²) in [7, 11) is -3.55. The molecule has 0 aromatic heterocycles. The van der Waals surface area contributed by atoms with Gasteiger partial charge in [-0.1, -0.05) is 6.92 Å². The van der Waals surface area contributed by atoms with Crippen LogP contribution in [0.2, 0.25) is 0 Å². The molecular weight excluding hydrogens is 406 g/mol. The van der Waals surface area contributed by atoms with E-state index in [1.165, 1.54) is 40.7 Å². The molecule has 160 valence electrons. The van der Waals surface area contributed by atoms with Gasteiger partial charge in [-0.05, 0) is 61.6 Å². The van der Waals surface area contributed by atoms with Crippen LogP contribution in [0.3, 0.4) is 0 Å². The summed E-state index contributed by atoms with van der Waals surface area (Å²) in [5, 5.41) is 13.8. The molecule has 3 rings (SSSR count). The molecule has 0 radical (unpaired) electrons. The number of nitro groups is 1. The average Bonchev–Trinajstić information content (AvgIpc) is 2.73. The number of carbonyl (C=O) groups is 1. The Kier molecular flexibility index (Phi) is 6.52. The predicted molar refractivity (Wildman–Crippen MR) is 114 cm³/mol. The molecule has 0 spiro atoms. The monoisotopic (exact) mass is 431 g/mol. The maximum atomic E-state index is 12.8. The summed E-state index contributed by atoms with van der Waals surface area (Å²) in [4.78, 5) is 23.0. The van der Waals surface area contributed by atoms with Crippen molar-refractivity contribution >= 4 is 27.2 Å². The first-order chi connectivity index (χ1) is 14.2. The summed E-state index contributed by atoms with van der Waals surface area (Å²) in [5.41, 5.74) is 1.68. The molecule has 1 N–H and O–H groups in total. The van der Waals surface area contributed by atoms with Crippen molar-refractivity contribution in [3.63, 3.8) is 0 Å². The molecule has 9 heteroatoms. The van der Waals surface area contributed by atoms with Crippen LogP contribution >= 0.6 is 0 Å². The Hall–Kier alpha value is -2.78. The van der Waals surface area contributed by atoms with E-state index < -0.39 is 14.9 Å². The van der Waals surface area contributed by atoms with E-state index in [1.807, 2.05) is 0 Å². The number of aryl methyl sites for hydroxylation is 1. The van der Waals surface area contributed by atoms with Crippen LogP contribution in [0.25, 0.3) is 0 Å². The smallest absolute Gasteiger partial charge is 0.269 e. The van der Waals surface area contributed by atoms with Crippen molar-refractivity contribution < 1.29 is 18.1 Å². The van der Waals surface area contributed by atoms with Crippen molar-refractivity contribution in [1.82, 2.24) is 4.31 Å². The lowest BCUT2D eigenvalue weighted by atomic mass is 10.0. The van der Waals surface area contributed by atoms with Crippen molar-refractivity contribution in [2.24, 2.45) is 5.92 Å². The highest BCUT2D eigenvalue weighted by molar-refractivity contribution is 7.89. The number of ketones is 1. The number of nitro benzene ring substituents is 1. The number of piperidine rings is 1. The molecule has 2 aromatic rings. The van der Waals surface area contributed by atoms with Gasteiger partial charge >= 0.3 is 0 Å². The zero-order valence-corrected chi connectivity index (χ0v) is 17.8. The Morgan fingerprint density at radius 2 is 1.80 bits per heavy atom. The maximum absolute atomic E-state index is 12.8. The maximum Gasteiger partial charge on any atom is 0.269 e. The predicted octanol–water partition coefficient (Wildman–Crippen LogP) is 3.62. The molecule has 0 bridgehead atoms. The Labute approximate surface area is 176 Å². The summed E-state index contributed by atoms with van der Waals surface area (Å²) in [5.74, 6) is 0.326. The largest absolute Gasteiger partial charge is 0.377 e. The number of hydrogen-bond acceptors (Lipinski definition) is 6. The van der Waals surface area contributed by atoms with Gasteiger partial charge in [-0.3, -0.25) is 14.9 Å².